The Morgan fingerprint density at radius 3 is 2.46 bits per heavy atom. The summed E-state index contributed by atoms with van der Waals surface area (Å²) in [6.45, 7) is 2.32. The Kier molecular flexibility index (Phi) is 4.81. The minimum absolute atomic E-state index is 0.500. The molecule has 2 aromatic carbocycles. The molecule has 0 aromatic heterocycles. The Balaban J connectivity index is 1.56. The molecule has 26 heavy (non-hydrogen) atoms. The Morgan fingerprint density at radius 1 is 0.923 bits per heavy atom. The lowest BCUT2D eigenvalue weighted by Gasteiger charge is -2.40. The van der Waals surface area contributed by atoms with E-state index < -0.39 is 11.6 Å². The molecule has 0 spiro atoms. The summed E-state index contributed by atoms with van der Waals surface area (Å²) < 4.78 is 26.3. The average Bonchev–Trinajstić information content (AvgIpc) is 2.68. The predicted molar refractivity (Wildman–Crippen MR) is 101 cm³/mol. The van der Waals surface area contributed by atoms with Crippen LogP contribution in [0.5, 0.6) is 0 Å². The van der Waals surface area contributed by atoms with E-state index in [1.807, 2.05) is 0 Å². The van der Waals surface area contributed by atoms with Crippen LogP contribution >= 0.6 is 0 Å². The normalized spacial score (nSPS) is 24.2. The van der Waals surface area contributed by atoms with Crippen molar-refractivity contribution in [3.8, 4) is 11.8 Å². The third-order valence-corrected chi connectivity index (χ3v) is 6.27. The second-order valence-electron chi connectivity index (χ2n) is 7.79. The summed E-state index contributed by atoms with van der Waals surface area (Å²) in [5.74, 6) is 6.85. The third-order valence-electron chi connectivity index (χ3n) is 6.27. The minimum atomic E-state index is -0.851. The summed E-state index contributed by atoms with van der Waals surface area (Å²) in [5.41, 5.74) is 4.40. The fourth-order valence-electron chi connectivity index (χ4n) is 4.78. The van der Waals surface area contributed by atoms with Crippen LogP contribution in [0.15, 0.2) is 36.4 Å². The van der Waals surface area contributed by atoms with Crippen LogP contribution in [0.4, 0.5) is 8.78 Å². The van der Waals surface area contributed by atoms with Gasteiger partial charge in [0, 0.05) is 11.1 Å². The maximum absolute atomic E-state index is 13.3. The highest BCUT2D eigenvalue weighted by atomic mass is 19.2. The van der Waals surface area contributed by atoms with Gasteiger partial charge in [-0.1, -0.05) is 31.3 Å². The molecule has 4 rings (SSSR count). The van der Waals surface area contributed by atoms with Gasteiger partial charge in [-0.2, -0.15) is 0 Å². The van der Waals surface area contributed by atoms with E-state index in [4.69, 9.17) is 0 Å². The highest BCUT2D eigenvalue weighted by molar-refractivity contribution is 5.47. The van der Waals surface area contributed by atoms with Crippen molar-refractivity contribution in [2.75, 3.05) is 0 Å². The standard InChI is InChI=1S/C24H24F2/c1-2-16-5-10-21-19(13-16)8-9-20-14-17(6-11-22(20)21)3-4-18-7-12-23(25)24(26)15-18/h6-7,11-12,14-16,19,21H,2,5,8-10,13H2,1H3/t16-,19-,21+/m1/s1. The van der Waals surface area contributed by atoms with Crippen molar-refractivity contribution < 1.29 is 8.78 Å². The molecule has 2 heteroatoms. The van der Waals surface area contributed by atoms with E-state index in [2.05, 4.69) is 37.0 Å². The van der Waals surface area contributed by atoms with Crippen LogP contribution in [0.2, 0.25) is 0 Å². The first-order valence-corrected chi connectivity index (χ1v) is 9.74. The van der Waals surface area contributed by atoms with E-state index in [0.29, 0.717) is 5.56 Å². The lowest BCUT2D eigenvalue weighted by Crippen LogP contribution is -2.27. The topological polar surface area (TPSA) is 0 Å². The summed E-state index contributed by atoms with van der Waals surface area (Å²) in [7, 11) is 0. The first kappa shape index (κ1) is 17.3. The molecule has 0 heterocycles. The van der Waals surface area contributed by atoms with Gasteiger partial charge in [-0.15, -0.1) is 0 Å². The Bertz CT molecular complexity index is 872. The second kappa shape index (κ2) is 7.23. The quantitative estimate of drug-likeness (QED) is 0.536. The Morgan fingerprint density at radius 2 is 1.69 bits per heavy atom. The summed E-state index contributed by atoms with van der Waals surface area (Å²) in [4.78, 5) is 0. The summed E-state index contributed by atoms with van der Waals surface area (Å²) in [6.07, 6.45) is 7.79. The van der Waals surface area contributed by atoms with E-state index in [1.165, 1.54) is 49.3 Å². The molecule has 0 N–H and O–H groups in total. The molecule has 0 bridgehead atoms. The van der Waals surface area contributed by atoms with E-state index in [9.17, 15) is 8.78 Å². The van der Waals surface area contributed by atoms with E-state index in [1.54, 1.807) is 0 Å². The molecule has 3 atom stereocenters. The molecule has 134 valence electrons. The third kappa shape index (κ3) is 3.40. The van der Waals surface area contributed by atoms with Crippen molar-refractivity contribution >= 4 is 0 Å². The smallest absolute Gasteiger partial charge is 0.160 e. The van der Waals surface area contributed by atoms with Crippen LogP contribution in [0.3, 0.4) is 0 Å². The number of halogens is 2. The fourth-order valence-corrected chi connectivity index (χ4v) is 4.78. The molecule has 0 unspecified atom stereocenters. The van der Waals surface area contributed by atoms with Gasteiger partial charge in [-0.05, 0) is 91.3 Å². The highest BCUT2D eigenvalue weighted by Crippen LogP contribution is 2.47. The first-order chi connectivity index (χ1) is 12.6. The lowest BCUT2D eigenvalue weighted by atomic mass is 9.65. The SMILES string of the molecule is CC[C@@H]1CC[C@@H]2c3ccc(C#Cc4ccc(F)c(F)c4)cc3CC[C@@H]2C1. The van der Waals surface area contributed by atoms with E-state index >= 15 is 0 Å². The van der Waals surface area contributed by atoms with Crippen molar-refractivity contribution in [1.82, 2.24) is 0 Å². The van der Waals surface area contributed by atoms with Crippen LogP contribution in [-0.4, -0.2) is 0 Å². The van der Waals surface area contributed by atoms with Crippen LogP contribution in [0, 0.1) is 35.3 Å². The van der Waals surface area contributed by atoms with Gasteiger partial charge < -0.3 is 0 Å². The number of benzene rings is 2. The van der Waals surface area contributed by atoms with Gasteiger partial charge >= 0.3 is 0 Å². The van der Waals surface area contributed by atoms with Gasteiger partial charge in [0.15, 0.2) is 11.6 Å². The summed E-state index contributed by atoms with van der Waals surface area (Å²) >= 11 is 0. The number of hydrogen-bond donors (Lipinski definition) is 0. The molecule has 2 aliphatic carbocycles. The number of fused-ring (bicyclic) bond motifs is 3. The minimum Gasteiger partial charge on any atom is -0.204 e. The van der Waals surface area contributed by atoms with Crippen LogP contribution < -0.4 is 0 Å². The molecule has 1 fully saturated rings. The molecule has 0 nitrogen and oxygen atoms in total. The Labute approximate surface area is 154 Å². The van der Waals surface area contributed by atoms with Crippen LogP contribution in [-0.2, 0) is 6.42 Å². The monoisotopic (exact) mass is 350 g/mol. The van der Waals surface area contributed by atoms with Crippen LogP contribution in [0.1, 0.15) is 67.2 Å². The maximum atomic E-state index is 13.3. The molecular weight excluding hydrogens is 326 g/mol. The van der Waals surface area contributed by atoms with Crippen molar-refractivity contribution in [1.29, 1.82) is 0 Å². The number of hydrogen-bond acceptors (Lipinski definition) is 0. The molecule has 1 saturated carbocycles. The zero-order valence-electron chi connectivity index (χ0n) is 15.2. The molecule has 2 aromatic rings. The summed E-state index contributed by atoms with van der Waals surface area (Å²) in [5, 5.41) is 0. The second-order valence-corrected chi connectivity index (χ2v) is 7.79. The van der Waals surface area contributed by atoms with Gasteiger partial charge in [0.1, 0.15) is 0 Å². The molecule has 0 saturated heterocycles. The zero-order chi connectivity index (χ0) is 18.1. The zero-order valence-corrected chi connectivity index (χ0v) is 15.2. The van der Waals surface area contributed by atoms with E-state index in [0.717, 1.165) is 41.9 Å². The van der Waals surface area contributed by atoms with Crippen molar-refractivity contribution in [2.24, 2.45) is 11.8 Å². The van der Waals surface area contributed by atoms with Gasteiger partial charge in [0.05, 0.1) is 0 Å². The van der Waals surface area contributed by atoms with Crippen molar-refractivity contribution in [2.45, 2.75) is 51.4 Å². The lowest BCUT2D eigenvalue weighted by molar-refractivity contribution is 0.206. The first-order valence-electron chi connectivity index (χ1n) is 9.74. The summed E-state index contributed by atoms with van der Waals surface area (Å²) in [6, 6.07) is 10.3. The highest BCUT2D eigenvalue weighted by Gasteiger charge is 2.34. The maximum Gasteiger partial charge on any atom is 0.160 e. The van der Waals surface area contributed by atoms with Gasteiger partial charge in [0.2, 0.25) is 0 Å². The predicted octanol–water partition coefficient (Wildman–Crippen LogP) is 6.22. The van der Waals surface area contributed by atoms with Gasteiger partial charge in [0.25, 0.3) is 0 Å². The fraction of sp³-hybridized carbons (Fsp3) is 0.417. The number of rotatable bonds is 1. The van der Waals surface area contributed by atoms with Gasteiger partial charge in [-0.3, -0.25) is 0 Å². The van der Waals surface area contributed by atoms with Gasteiger partial charge in [-0.25, -0.2) is 8.78 Å². The largest absolute Gasteiger partial charge is 0.204 e. The molecule has 2 aliphatic rings. The van der Waals surface area contributed by atoms with Crippen molar-refractivity contribution in [3.05, 3.63) is 70.3 Å². The Hall–Kier alpha value is -2.14. The van der Waals surface area contributed by atoms with Crippen LogP contribution in [0.25, 0.3) is 0 Å². The average molecular weight is 350 g/mol. The molecule has 0 radical (unpaired) electrons. The number of aryl methyl sites for hydroxylation is 1. The molecule has 0 aliphatic heterocycles. The van der Waals surface area contributed by atoms with E-state index in [-0.39, 0.29) is 0 Å². The van der Waals surface area contributed by atoms with Crippen molar-refractivity contribution in [3.63, 3.8) is 0 Å². The molecule has 0 amide bonds. The molecular formula is C24H24F2.